The van der Waals surface area contributed by atoms with Crippen molar-refractivity contribution >= 4 is 6.09 Å². The molecule has 0 amide bonds. The van der Waals surface area contributed by atoms with Crippen LogP contribution in [0.15, 0.2) is 42.6 Å². The SMILES string of the molecule is CC(C)(C)OC(=O)n1cccc1-c1ccc(C(F)(F)[18F])cc1. The molecule has 1 aromatic heterocycles. The Labute approximate surface area is 126 Å². The number of alkyl halides is 3. The molecule has 2 rings (SSSR count). The van der Waals surface area contributed by atoms with Gasteiger partial charge in [-0.2, -0.15) is 13.2 Å². The highest BCUT2D eigenvalue weighted by Crippen LogP contribution is 2.31. The van der Waals surface area contributed by atoms with Crippen LogP contribution >= 0.6 is 0 Å². The van der Waals surface area contributed by atoms with Gasteiger partial charge >= 0.3 is 12.3 Å². The molecule has 2 aromatic rings. The van der Waals surface area contributed by atoms with Crippen molar-refractivity contribution < 1.29 is 22.7 Å². The van der Waals surface area contributed by atoms with Crippen LogP contribution in [0.2, 0.25) is 0 Å². The van der Waals surface area contributed by atoms with Crippen LogP contribution in [0.25, 0.3) is 11.3 Å². The molecule has 0 aliphatic heterocycles. The number of ether oxygens (including phenoxy) is 1. The minimum atomic E-state index is -4.38. The van der Waals surface area contributed by atoms with Crippen LogP contribution in [0, 0.1) is 0 Å². The van der Waals surface area contributed by atoms with Gasteiger partial charge in [0, 0.05) is 6.20 Å². The Morgan fingerprint density at radius 1 is 1.05 bits per heavy atom. The number of benzene rings is 1. The highest BCUT2D eigenvalue weighted by Gasteiger charge is 2.30. The number of nitrogens with zero attached hydrogens (tertiary/aromatic N) is 1. The van der Waals surface area contributed by atoms with Crippen LogP contribution in [-0.2, 0) is 10.9 Å². The minimum absolute atomic E-state index is 0.475. The molecule has 0 radical (unpaired) electrons. The fourth-order valence-electron chi connectivity index (χ4n) is 1.92. The van der Waals surface area contributed by atoms with E-state index in [2.05, 4.69) is 0 Å². The molecule has 0 bridgehead atoms. The molecule has 0 aliphatic rings. The maximum absolute atomic E-state index is 12.6. The van der Waals surface area contributed by atoms with Crippen molar-refractivity contribution in [2.45, 2.75) is 32.5 Å². The van der Waals surface area contributed by atoms with Crippen molar-refractivity contribution in [2.24, 2.45) is 0 Å². The van der Waals surface area contributed by atoms with E-state index in [1.807, 2.05) is 0 Å². The Balaban J connectivity index is 2.31. The third kappa shape index (κ3) is 3.69. The number of aromatic nitrogens is 1. The summed E-state index contributed by atoms with van der Waals surface area (Å²) in [5, 5.41) is 0. The van der Waals surface area contributed by atoms with E-state index in [1.54, 1.807) is 32.9 Å². The quantitative estimate of drug-likeness (QED) is 0.745. The largest absolute Gasteiger partial charge is 0.443 e. The summed E-state index contributed by atoms with van der Waals surface area (Å²) in [5.41, 5.74) is -0.405. The van der Waals surface area contributed by atoms with Gasteiger partial charge in [-0.25, -0.2) is 4.79 Å². The fourth-order valence-corrected chi connectivity index (χ4v) is 1.92. The van der Waals surface area contributed by atoms with Gasteiger partial charge in [0.25, 0.3) is 0 Å². The van der Waals surface area contributed by atoms with Gasteiger partial charge in [0.2, 0.25) is 0 Å². The summed E-state index contributed by atoms with van der Waals surface area (Å²) in [4.78, 5) is 12.1. The number of hydrogen-bond donors (Lipinski definition) is 0. The molecule has 0 saturated heterocycles. The first kappa shape index (κ1) is 16.1. The summed E-state index contributed by atoms with van der Waals surface area (Å²) in [6, 6.07) is 7.92. The maximum atomic E-state index is 12.6. The van der Waals surface area contributed by atoms with E-state index in [9.17, 15) is 18.0 Å². The molecule has 22 heavy (non-hydrogen) atoms. The first-order chi connectivity index (χ1) is 10.1. The van der Waals surface area contributed by atoms with Crippen LogP contribution in [0.4, 0.5) is 18.0 Å². The molecule has 1 aromatic carbocycles. The average Bonchev–Trinajstić information content (AvgIpc) is 2.85. The Bertz CT molecular complexity index is 664. The van der Waals surface area contributed by atoms with E-state index in [0.717, 1.165) is 12.1 Å². The Hall–Kier alpha value is -2.24. The van der Waals surface area contributed by atoms with Gasteiger partial charge in [0.15, 0.2) is 0 Å². The van der Waals surface area contributed by atoms with Gasteiger partial charge in [-0.1, -0.05) is 12.1 Å². The van der Waals surface area contributed by atoms with Crippen molar-refractivity contribution in [3.8, 4) is 11.3 Å². The van der Waals surface area contributed by atoms with E-state index >= 15 is 0 Å². The van der Waals surface area contributed by atoms with Crippen LogP contribution in [0.5, 0.6) is 0 Å². The summed E-state index contributed by atoms with van der Waals surface area (Å²) in [7, 11) is 0. The predicted octanol–water partition coefficient (Wildman–Crippen LogP) is 4.96. The average molecular weight is 310 g/mol. The van der Waals surface area contributed by atoms with Gasteiger partial charge in [-0.15, -0.1) is 0 Å². The van der Waals surface area contributed by atoms with E-state index in [1.165, 1.54) is 22.9 Å². The predicted molar refractivity (Wildman–Crippen MR) is 76.5 cm³/mol. The van der Waals surface area contributed by atoms with Gasteiger partial charge in [0.05, 0.1) is 11.3 Å². The molecular formula is C16H16F3NO2. The molecule has 3 nitrogen and oxygen atoms in total. The van der Waals surface area contributed by atoms with Gasteiger partial charge in [0.1, 0.15) is 5.60 Å². The highest BCUT2D eigenvalue weighted by atomic mass is 19.3. The van der Waals surface area contributed by atoms with E-state index in [-0.39, 0.29) is 0 Å². The lowest BCUT2D eigenvalue weighted by Crippen LogP contribution is -2.27. The molecule has 118 valence electrons. The third-order valence-corrected chi connectivity index (χ3v) is 2.85. The number of halogens is 3. The van der Waals surface area contributed by atoms with Gasteiger partial charge < -0.3 is 4.74 Å². The van der Waals surface area contributed by atoms with Gasteiger partial charge in [-0.05, 0) is 50.6 Å². The summed E-state index contributed by atoms with van der Waals surface area (Å²) in [6.07, 6.45) is -3.44. The Morgan fingerprint density at radius 2 is 1.64 bits per heavy atom. The zero-order chi connectivity index (χ0) is 16.5. The molecule has 0 fully saturated rings. The maximum Gasteiger partial charge on any atom is 0.418 e. The molecule has 0 N–H and O–H groups in total. The fraction of sp³-hybridized carbons (Fsp3) is 0.312. The molecule has 0 unspecified atom stereocenters. The first-order valence-electron chi connectivity index (χ1n) is 6.66. The van der Waals surface area contributed by atoms with E-state index < -0.39 is 23.4 Å². The number of carbonyl (C=O) groups excluding carboxylic acids is 1. The smallest absolute Gasteiger partial charge is 0.418 e. The second-order valence-corrected chi connectivity index (χ2v) is 5.82. The van der Waals surface area contributed by atoms with Crippen LogP contribution in [-0.4, -0.2) is 16.3 Å². The standard InChI is InChI=1S/C16H16F3NO2/c1-15(2,3)22-14(21)20-10-4-5-13(20)11-6-8-12(9-7-11)16(17,18)19/h4-10H,1-3H3/i17-1. The van der Waals surface area contributed by atoms with E-state index in [0.29, 0.717) is 11.3 Å². The lowest BCUT2D eigenvalue weighted by Gasteiger charge is -2.20. The van der Waals surface area contributed by atoms with Crippen LogP contribution < -0.4 is 0 Å². The minimum Gasteiger partial charge on any atom is -0.443 e. The second kappa shape index (κ2) is 5.51. The van der Waals surface area contributed by atoms with Crippen molar-refractivity contribution in [1.82, 2.24) is 4.57 Å². The lowest BCUT2D eigenvalue weighted by atomic mass is 10.1. The van der Waals surface area contributed by atoms with Crippen LogP contribution in [0.3, 0.4) is 0 Å². The Morgan fingerprint density at radius 3 is 2.14 bits per heavy atom. The van der Waals surface area contributed by atoms with Gasteiger partial charge in [-0.3, -0.25) is 4.57 Å². The third-order valence-electron chi connectivity index (χ3n) is 2.85. The van der Waals surface area contributed by atoms with Crippen molar-refractivity contribution in [3.05, 3.63) is 48.2 Å². The number of hydrogen-bond acceptors (Lipinski definition) is 2. The van der Waals surface area contributed by atoms with Crippen molar-refractivity contribution in [1.29, 1.82) is 0 Å². The molecule has 0 atom stereocenters. The van der Waals surface area contributed by atoms with Crippen LogP contribution in [0.1, 0.15) is 26.3 Å². The van der Waals surface area contributed by atoms with Crippen molar-refractivity contribution in [2.75, 3.05) is 0 Å². The molecule has 0 spiro atoms. The second-order valence-electron chi connectivity index (χ2n) is 5.82. The summed E-state index contributed by atoms with van der Waals surface area (Å²) < 4.78 is 44.3. The molecule has 0 saturated carbocycles. The van der Waals surface area contributed by atoms with E-state index in [4.69, 9.17) is 4.74 Å². The first-order valence-corrected chi connectivity index (χ1v) is 6.66. The van der Waals surface area contributed by atoms with Crippen molar-refractivity contribution in [3.63, 3.8) is 0 Å². The lowest BCUT2D eigenvalue weighted by molar-refractivity contribution is -0.137. The summed E-state index contributed by atoms with van der Waals surface area (Å²) in [5.74, 6) is 0. The normalized spacial score (nSPS) is 12.3. The highest BCUT2D eigenvalue weighted by molar-refractivity contribution is 5.78. The molecule has 0 aliphatic carbocycles. The molecule has 1 heterocycles. The summed E-state index contributed by atoms with van der Waals surface area (Å²) >= 11 is 0. The number of rotatable bonds is 1. The topological polar surface area (TPSA) is 31.2 Å². The zero-order valence-corrected chi connectivity index (χ0v) is 12.4. The molecule has 6 heteroatoms. The number of carbonyl (C=O) groups is 1. The molecular weight excluding hydrogens is 294 g/mol. The summed E-state index contributed by atoms with van der Waals surface area (Å²) in [6.45, 7) is 5.23. The monoisotopic (exact) mass is 310 g/mol. The zero-order valence-electron chi connectivity index (χ0n) is 12.4. The Kier molecular flexibility index (Phi) is 4.04.